The molecular weight excluding hydrogens is 198 g/mol. The number of hydrogen-bond acceptors (Lipinski definition) is 1. The first-order chi connectivity index (χ1) is 7.70. The van der Waals surface area contributed by atoms with E-state index in [1.165, 1.54) is 0 Å². The van der Waals surface area contributed by atoms with Gasteiger partial charge < -0.3 is 5.32 Å². The molecule has 0 aromatic heterocycles. The molecule has 0 saturated heterocycles. The molecule has 0 aromatic rings. The van der Waals surface area contributed by atoms with Gasteiger partial charge in [-0.15, -0.1) is 0 Å². The van der Waals surface area contributed by atoms with Gasteiger partial charge in [-0.1, -0.05) is 49.3 Å². The van der Waals surface area contributed by atoms with E-state index in [2.05, 4.69) is 12.2 Å². The van der Waals surface area contributed by atoms with Crippen LogP contribution in [0.4, 0.5) is 0 Å². The zero-order chi connectivity index (χ0) is 12.2. The minimum atomic E-state index is 0.145. The minimum absolute atomic E-state index is 0.145. The summed E-state index contributed by atoms with van der Waals surface area (Å²) >= 11 is 0. The number of unbranched alkanes of at least 4 members (excludes halogenated alkanes) is 1. The molecule has 0 bridgehead atoms. The van der Waals surface area contributed by atoms with Crippen molar-refractivity contribution in [3.05, 3.63) is 36.0 Å². The SMILES string of the molecule is C\C=C/C=C\C=C(/C)CNC(=O)CCCC. The van der Waals surface area contributed by atoms with Crippen LogP contribution in [0.5, 0.6) is 0 Å². The van der Waals surface area contributed by atoms with E-state index >= 15 is 0 Å². The van der Waals surface area contributed by atoms with Crippen molar-refractivity contribution < 1.29 is 4.79 Å². The van der Waals surface area contributed by atoms with Crippen molar-refractivity contribution >= 4 is 5.91 Å². The van der Waals surface area contributed by atoms with Crippen molar-refractivity contribution in [2.24, 2.45) is 0 Å². The maximum atomic E-state index is 11.3. The minimum Gasteiger partial charge on any atom is -0.352 e. The summed E-state index contributed by atoms with van der Waals surface area (Å²) in [5.41, 5.74) is 1.16. The lowest BCUT2D eigenvalue weighted by Gasteiger charge is -2.03. The molecule has 0 aliphatic rings. The van der Waals surface area contributed by atoms with Crippen LogP contribution in [0.2, 0.25) is 0 Å². The summed E-state index contributed by atoms with van der Waals surface area (Å²) in [7, 11) is 0. The number of carbonyl (C=O) groups is 1. The molecule has 0 fully saturated rings. The highest BCUT2D eigenvalue weighted by molar-refractivity contribution is 5.76. The Labute approximate surface area is 99.1 Å². The Morgan fingerprint density at radius 3 is 2.62 bits per heavy atom. The first kappa shape index (κ1) is 14.7. The standard InChI is InChI=1S/C14H23NO/c1-4-6-8-9-10-13(3)12-15-14(16)11-7-5-2/h4,6,8-10H,5,7,11-12H2,1-3H3,(H,15,16)/b6-4-,9-8-,13-10+. The lowest BCUT2D eigenvalue weighted by Crippen LogP contribution is -2.24. The number of carbonyl (C=O) groups excluding carboxylic acids is 1. The Hall–Kier alpha value is -1.31. The molecule has 90 valence electrons. The fourth-order valence-electron chi connectivity index (χ4n) is 1.12. The van der Waals surface area contributed by atoms with Gasteiger partial charge in [0, 0.05) is 13.0 Å². The Kier molecular flexibility index (Phi) is 9.38. The molecule has 0 unspecified atom stereocenters. The molecule has 2 heteroatoms. The summed E-state index contributed by atoms with van der Waals surface area (Å²) in [6.07, 6.45) is 12.6. The van der Waals surface area contributed by atoms with Crippen LogP contribution in [0.25, 0.3) is 0 Å². The highest BCUT2D eigenvalue weighted by Crippen LogP contribution is 1.95. The molecule has 0 spiro atoms. The maximum absolute atomic E-state index is 11.3. The summed E-state index contributed by atoms with van der Waals surface area (Å²) in [6, 6.07) is 0. The molecule has 0 atom stereocenters. The summed E-state index contributed by atoms with van der Waals surface area (Å²) in [5.74, 6) is 0.145. The molecule has 0 rings (SSSR count). The van der Waals surface area contributed by atoms with Crippen LogP contribution in [-0.2, 0) is 4.79 Å². The van der Waals surface area contributed by atoms with Gasteiger partial charge >= 0.3 is 0 Å². The second-order valence-corrected chi connectivity index (χ2v) is 3.80. The smallest absolute Gasteiger partial charge is 0.220 e. The zero-order valence-corrected chi connectivity index (χ0v) is 10.6. The largest absolute Gasteiger partial charge is 0.352 e. The zero-order valence-electron chi connectivity index (χ0n) is 10.6. The van der Waals surface area contributed by atoms with Crippen molar-refractivity contribution in [2.45, 2.75) is 40.0 Å². The van der Waals surface area contributed by atoms with Crippen LogP contribution in [0.15, 0.2) is 36.0 Å². The van der Waals surface area contributed by atoms with Crippen molar-refractivity contribution in [2.75, 3.05) is 6.54 Å². The Morgan fingerprint density at radius 2 is 2.00 bits per heavy atom. The second-order valence-electron chi connectivity index (χ2n) is 3.80. The highest BCUT2D eigenvalue weighted by atomic mass is 16.1. The molecule has 1 amide bonds. The van der Waals surface area contributed by atoms with E-state index in [0.717, 1.165) is 18.4 Å². The summed E-state index contributed by atoms with van der Waals surface area (Å²) in [5, 5.41) is 2.90. The fraction of sp³-hybridized carbons (Fsp3) is 0.500. The molecule has 16 heavy (non-hydrogen) atoms. The van der Waals surface area contributed by atoms with Gasteiger partial charge in [-0.25, -0.2) is 0 Å². The topological polar surface area (TPSA) is 29.1 Å². The molecular formula is C14H23NO. The number of rotatable bonds is 7. The maximum Gasteiger partial charge on any atom is 0.220 e. The van der Waals surface area contributed by atoms with Gasteiger partial charge in [-0.05, 0) is 20.3 Å². The average molecular weight is 221 g/mol. The van der Waals surface area contributed by atoms with Gasteiger partial charge in [-0.3, -0.25) is 4.79 Å². The Balaban J connectivity index is 3.79. The van der Waals surface area contributed by atoms with Crippen LogP contribution in [0, 0.1) is 0 Å². The van der Waals surface area contributed by atoms with E-state index in [9.17, 15) is 4.79 Å². The molecule has 0 saturated carbocycles. The number of hydrogen-bond donors (Lipinski definition) is 1. The van der Waals surface area contributed by atoms with Crippen LogP contribution in [-0.4, -0.2) is 12.5 Å². The van der Waals surface area contributed by atoms with E-state index in [0.29, 0.717) is 13.0 Å². The van der Waals surface area contributed by atoms with Gasteiger partial charge in [-0.2, -0.15) is 0 Å². The lowest BCUT2D eigenvalue weighted by atomic mass is 10.2. The van der Waals surface area contributed by atoms with Gasteiger partial charge in [0.1, 0.15) is 0 Å². The van der Waals surface area contributed by atoms with Crippen LogP contribution in [0.1, 0.15) is 40.0 Å². The van der Waals surface area contributed by atoms with Gasteiger partial charge in [0.25, 0.3) is 0 Å². The van der Waals surface area contributed by atoms with Gasteiger partial charge in [0.05, 0.1) is 0 Å². The molecule has 0 aliphatic heterocycles. The number of allylic oxidation sites excluding steroid dienone is 5. The van der Waals surface area contributed by atoms with Crippen molar-refractivity contribution in [1.82, 2.24) is 5.32 Å². The molecule has 2 nitrogen and oxygen atoms in total. The van der Waals surface area contributed by atoms with E-state index in [-0.39, 0.29) is 5.91 Å². The van der Waals surface area contributed by atoms with E-state index in [1.807, 2.05) is 44.2 Å². The van der Waals surface area contributed by atoms with Crippen LogP contribution < -0.4 is 5.32 Å². The lowest BCUT2D eigenvalue weighted by molar-refractivity contribution is -0.121. The Bertz CT molecular complexity index is 274. The first-order valence-corrected chi connectivity index (χ1v) is 5.92. The third-order valence-corrected chi connectivity index (χ3v) is 2.12. The summed E-state index contributed by atoms with van der Waals surface area (Å²) in [6.45, 7) is 6.72. The normalized spacial score (nSPS) is 12.6. The second kappa shape index (κ2) is 10.2. The summed E-state index contributed by atoms with van der Waals surface area (Å²) in [4.78, 5) is 11.3. The van der Waals surface area contributed by atoms with Crippen LogP contribution in [0.3, 0.4) is 0 Å². The van der Waals surface area contributed by atoms with E-state index < -0.39 is 0 Å². The van der Waals surface area contributed by atoms with E-state index in [1.54, 1.807) is 0 Å². The first-order valence-electron chi connectivity index (χ1n) is 5.92. The quantitative estimate of drug-likeness (QED) is 0.656. The number of amides is 1. The fourth-order valence-corrected chi connectivity index (χ4v) is 1.12. The monoisotopic (exact) mass is 221 g/mol. The predicted molar refractivity (Wildman–Crippen MR) is 70.2 cm³/mol. The molecule has 1 N–H and O–H groups in total. The van der Waals surface area contributed by atoms with E-state index in [4.69, 9.17) is 0 Å². The third-order valence-electron chi connectivity index (χ3n) is 2.12. The predicted octanol–water partition coefficient (Wildman–Crippen LogP) is 3.37. The molecule has 0 heterocycles. The highest BCUT2D eigenvalue weighted by Gasteiger charge is 1.98. The molecule has 0 aromatic carbocycles. The third kappa shape index (κ3) is 9.25. The van der Waals surface area contributed by atoms with Crippen molar-refractivity contribution in [3.8, 4) is 0 Å². The van der Waals surface area contributed by atoms with Crippen molar-refractivity contribution in [3.63, 3.8) is 0 Å². The van der Waals surface area contributed by atoms with Gasteiger partial charge in [0.2, 0.25) is 5.91 Å². The Morgan fingerprint density at radius 1 is 1.25 bits per heavy atom. The summed E-state index contributed by atoms with van der Waals surface area (Å²) < 4.78 is 0. The van der Waals surface area contributed by atoms with Crippen molar-refractivity contribution in [1.29, 1.82) is 0 Å². The average Bonchev–Trinajstić information content (AvgIpc) is 2.29. The molecule has 0 aliphatic carbocycles. The van der Waals surface area contributed by atoms with Gasteiger partial charge in [0.15, 0.2) is 0 Å². The van der Waals surface area contributed by atoms with Crippen LogP contribution >= 0.6 is 0 Å². The number of nitrogens with one attached hydrogen (secondary N) is 1. The molecule has 0 radical (unpaired) electrons.